The van der Waals surface area contributed by atoms with Crippen molar-refractivity contribution in [2.45, 2.75) is 31.3 Å². The molecule has 7 nitrogen and oxygen atoms in total. The number of anilines is 1. The van der Waals surface area contributed by atoms with Crippen LogP contribution in [0.5, 0.6) is 11.5 Å². The van der Waals surface area contributed by atoms with E-state index in [-0.39, 0.29) is 12.4 Å². The second-order valence-electron chi connectivity index (χ2n) is 8.45. The first kappa shape index (κ1) is 20.7. The second kappa shape index (κ2) is 8.41. The molecule has 32 heavy (non-hydrogen) atoms. The molecule has 4 aromatic rings. The number of aromatic nitrogens is 4. The molecule has 3 atom stereocenters. The van der Waals surface area contributed by atoms with Crippen molar-refractivity contribution in [3.63, 3.8) is 0 Å². The van der Waals surface area contributed by atoms with Crippen molar-refractivity contribution in [1.82, 2.24) is 25.1 Å². The van der Waals surface area contributed by atoms with Gasteiger partial charge in [0.25, 0.3) is 0 Å². The molecule has 1 aliphatic carbocycles. The number of benzene rings is 2. The Morgan fingerprint density at radius 1 is 0.969 bits per heavy atom. The van der Waals surface area contributed by atoms with Crippen LogP contribution in [0.15, 0.2) is 60.9 Å². The number of nitrogens with two attached hydrogens (primary N) is 1. The maximum absolute atomic E-state index is 6.30. The Hall–Kier alpha value is -3.16. The molecule has 3 aliphatic rings. The number of halogens is 1. The number of nitrogens with one attached hydrogen (secondary N) is 1. The summed E-state index contributed by atoms with van der Waals surface area (Å²) in [6.07, 6.45) is 5.13. The molecule has 7 rings (SSSR count). The average Bonchev–Trinajstić information content (AvgIpc) is 3.22. The first-order valence-electron chi connectivity index (χ1n) is 10.8. The fourth-order valence-corrected chi connectivity index (χ4v) is 4.98. The number of ether oxygens (including phenoxy) is 1. The van der Waals surface area contributed by atoms with Crippen LogP contribution in [0.4, 0.5) is 5.82 Å². The lowest BCUT2D eigenvalue weighted by molar-refractivity contribution is 0.137. The van der Waals surface area contributed by atoms with Gasteiger partial charge in [-0.2, -0.15) is 5.10 Å². The number of hydrogen-bond acceptors (Lipinski definition) is 6. The van der Waals surface area contributed by atoms with Gasteiger partial charge in [0.05, 0.1) is 11.4 Å². The van der Waals surface area contributed by atoms with E-state index in [9.17, 15) is 0 Å². The molecule has 1 saturated carbocycles. The molecule has 0 spiro atoms. The van der Waals surface area contributed by atoms with Gasteiger partial charge >= 0.3 is 0 Å². The predicted molar refractivity (Wildman–Crippen MR) is 127 cm³/mol. The third kappa shape index (κ3) is 3.57. The predicted octanol–water partition coefficient (Wildman–Crippen LogP) is 4.60. The number of fused-ring (bicyclic) bond motifs is 4. The summed E-state index contributed by atoms with van der Waals surface area (Å²) in [6.45, 7) is 1.10. The molecule has 8 heteroatoms. The zero-order valence-corrected chi connectivity index (χ0v) is 18.3. The number of piperidine rings is 2. The molecule has 3 fully saturated rings. The minimum Gasteiger partial charge on any atom is -0.457 e. The van der Waals surface area contributed by atoms with Crippen molar-refractivity contribution in [3.05, 3.63) is 60.9 Å². The quantitative estimate of drug-likeness (QED) is 0.474. The van der Waals surface area contributed by atoms with Crippen LogP contribution in [-0.4, -0.2) is 32.3 Å². The maximum atomic E-state index is 6.30. The van der Waals surface area contributed by atoms with Crippen LogP contribution in [-0.2, 0) is 0 Å². The summed E-state index contributed by atoms with van der Waals surface area (Å²) in [5, 5.41) is 9.52. The Morgan fingerprint density at radius 3 is 2.44 bits per heavy atom. The number of hydrogen-bond donors (Lipinski definition) is 2. The van der Waals surface area contributed by atoms with Crippen molar-refractivity contribution in [1.29, 1.82) is 0 Å². The van der Waals surface area contributed by atoms with E-state index in [1.54, 1.807) is 0 Å². The second-order valence-corrected chi connectivity index (χ2v) is 8.45. The van der Waals surface area contributed by atoms with Gasteiger partial charge < -0.3 is 15.8 Å². The third-order valence-electron chi connectivity index (χ3n) is 6.53. The highest BCUT2D eigenvalue weighted by molar-refractivity contribution is 5.98. The molecule has 2 aliphatic heterocycles. The van der Waals surface area contributed by atoms with Crippen molar-refractivity contribution in [2.24, 2.45) is 5.92 Å². The molecular formula is C24H25ClN6O. The van der Waals surface area contributed by atoms with Gasteiger partial charge in [-0.15, -0.1) is 12.4 Å². The summed E-state index contributed by atoms with van der Waals surface area (Å²) in [6, 6.07) is 18.4. The molecule has 2 bridgehead atoms. The summed E-state index contributed by atoms with van der Waals surface area (Å²) in [7, 11) is 0. The number of rotatable bonds is 4. The molecule has 4 heterocycles. The standard InChI is InChI=1S/C24H24N6O.ClH/c25-23-21-22(16-7-9-18(10-8-16)31-17-4-2-1-3-5-17)29-30(24(21)28-14-27-23)20-12-15-6-11-19(20)26-13-15;/h1-5,7-10,14-15,19-20,26H,6,11-13H2,(H2,25,27,28);1H. The zero-order chi connectivity index (χ0) is 20.8. The Bertz CT molecular complexity index is 1220. The van der Waals surface area contributed by atoms with E-state index in [1.807, 2.05) is 54.6 Å². The molecule has 164 valence electrons. The van der Waals surface area contributed by atoms with E-state index >= 15 is 0 Å². The Labute approximate surface area is 192 Å². The lowest BCUT2D eigenvalue weighted by Gasteiger charge is -2.43. The maximum Gasteiger partial charge on any atom is 0.164 e. The smallest absolute Gasteiger partial charge is 0.164 e. The summed E-state index contributed by atoms with van der Waals surface area (Å²) in [5.74, 6) is 2.75. The fourth-order valence-electron chi connectivity index (χ4n) is 4.98. The van der Waals surface area contributed by atoms with Crippen LogP contribution in [0, 0.1) is 5.92 Å². The molecule has 2 aromatic heterocycles. The lowest BCUT2D eigenvalue weighted by Crippen LogP contribution is -2.51. The summed E-state index contributed by atoms with van der Waals surface area (Å²) < 4.78 is 8.01. The van der Waals surface area contributed by atoms with Crippen molar-refractivity contribution >= 4 is 29.3 Å². The zero-order valence-electron chi connectivity index (χ0n) is 17.5. The Kier molecular flexibility index (Phi) is 5.45. The highest BCUT2D eigenvalue weighted by Gasteiger charge is 2.38. The first-order chi connectivity index (χ1) is 15.3. The van der Waals surface area contributed by atoms with Gasteiger partial charge in [0.15, 0.2) is 5.65 Å². The van der Waals surface area contributed by atoms with Crippen LogP contribution in [0.3, 0.4) is 0 Å². The summed E-state index contributed by atoms with van der Waals surface area (Å²) in [5.41, 5.74) is 8.90. The lowest BCUT2D eigenvalue weighted by atomic mass is 9.78. The summed E-state index contributed by atoms with van der Waals surface area (Å²) >= 11 is 0. The van der Waals surface area contributed by atoms with Crippen LogP contribution >= 0.6 is 12.4 Å². The van der Waals surface area contributed by atoms with Crippen LogP contribution < -0.4 is 15.8 Å². The van der Waals surface area contributed by atoms with Crippen LogP contribution in [0.25, 0.3) is 22.3 Å². The first-order valence-corrected chi connectivity index (χ1v) is 10.8. The topological polar surface area (TPSA) is 90.9 Å². The van der Waals surface area contributed by atoms with Gasteiger partial charge in [0, 0.05) is 11.6 Å². The minimum absolute atomic E-state index is 0. The van der Waals surface area contributed by atoms with E-state index in [0.29, 0.717) is 23.8 Å². The number of para-hydroxylation sites is 1. The molecule has 2 saturated heterocycles. The van der Waals surface area contributed by atoms with E-state index in [1.165, 1.54) is 19.2 Å². The van der Waals surface area contributed by atoms with Gasteiger partial charge in [0.1, 0.15) is 29.3 Å². The largest absolute Gasteiger partial charge is 0.457 e. The normalized spacial score (nSPS) is 21.9. The molecule has 0 radical (unpaired) electrons. The number of nitrogens with zero attached hydrogens (tertiary/aromatic N) is 4. The molecular weight excluding hydrogens is 424 g/mol. The molecule has 0 amide bonds. The van der Waals surface area contributed by atoms with E-state index < -0.39 is 0 Å². The van der Waals surface area contributed by atoms with Gasteiger partial charge in [-0.1, -0.05) is 18.2 Å². The van der Waals surface area contributed by atoms with Crippen LogP contribution in [0.2, 0.25) is 0 Å². The fraction of sp³-hybridized carbons (Fsp3) is 0.292. The highest BCUT2D eigenvalue weighted by atomic mass is 35.5. The highest BCUT2D eigenvalue weighted by Crippen LogP contribution is 2.40. The summed E-state index contributed by atoms with van der Waals surface area (Å²) in [4.78, 5) is 8.82. The van der Waals surface area contributed by atoms with Gasteiger partial charge in [-0.05, 0) is 68.1 Å². The minimum atomic E-state index is 0. The third-order valence-corrected chi connectivity index (χ3v) is 6.53. The van der Waals surface area contributed by atoms with E-state index in [0.717, 1.165) is 46.8 Å². The van der Waals surface area contributed by atoms with Crippen molar-refractivity contribution in [2.75, 3.05) is 12.3 Å². The van der Waals surface area contributed by atoms with E-state index in [2.05, 4.69) is 20.0 Å². The monoisotopic (exact) mass is 448 g/mol. The molecule has 2 aromatic carbocycles. The Balaban J connectivity index is 0.00000216. The van der Waals surface area contributed by atoms with Gasteiger partial charge in [0.2, 0.25) is 0 Å². The molecule has 3 N–H and O–H groups in total. The van der Waals surface area contributed by atoms with Gasteiger partial charge in [-0.3, -0.25) is 0 Å². The average molecular weight is 449 g/mol. The van der Waals surface area contributed by atoms with Gasteiger partial charge in [-0.25, -0.2) is 14.6 Å². The van der Waals surface area contributed by atoms with Crippen molar-refractivity contribution < 1.29 is 4.74 Å². The Morgan fingerprint density at radius 2 is 1.75 bits per heavy atom. The van der Waals surface area contributed by atoms with Crippen LogP contribution in [0.1, 0.15) is 25.3 Å². The SMILES string of the molecule is Cl.Nc1ncnc2c1c(-c1ccc(Oc3ccccc3)cc1)nn2C1CC2CCC1NC2. The van der Waals surface area contributed by atoms with E-state index in [4.69, 9.17) is 15.6 Å². The molecule has 3 unspecified atom stereocenters. The van der Waals surface area contributed by atoms with Crippen molar-refractivity contribution in [3.8, 4) is 22.8 Å². The number of nitrogen functional groups attached to an aromatic ring is 1.